The molecule has 2 aromatic heterocycles. The zero-order valence-electron chi connectivity index (χ0n) is 21.5. The SMILES string of the molecule is CCOP1(=O)N=C(c2c(O)c(-c3ccsc3)nn(Cc3ccc(F)c(Cl)c3)c2=O)Nc2ccc(NS(C)(O)O)cc21. The van der Waals surface area contributed by atoms with Gasteiger partial charge in [0.2, 0.25) is 0 Å². The molecule has 0 bridgehead atoms. The zero-order valence-corrected chi connectivity index (χ0v) is 24.8. The molecular formula is C25H24ClFN5O6PS2. The lowest BCUT2D eigenvalue weighted by atomic mass is 10.1. The molecule has 1 aliphatic rings. The first kappa shape index (κ1) is 29.3. The summed E-state index contributed by atoms with van der Waals surface area (Å²) in [6, 6.07) is 10.2. The fraction of sp³-hybridized carbons (Fsp3) is 0.160. The lowest BCUT2D eigenvalue weighted by molar-refractivity contribution is 0.341. The molecule has 1 unspecified atom stereocenters. The lowest BCUT2D eigenvalue weighted by Gasteiger charge is -2.30. The monoisotopic (exact) mass is 639 g/mol. The Balaban J connectivity index is 1.68. The number of nitrogens with zero attached hydrogens (tertiary/aromatic N) is 3. The van der Waals surface area contributed by atoms with Crippen molar-refractivity contribution in [3.8, 4) is 17.0 Å². The maximum absolute atomic E-state index is 14.1. The molecule has 0 fully saturated rings. The topological polar surface area (TPSA) is 158 Å². The molecule has 0 saturated heterocycles. The van der Waals surface area contributed by atoms with Crippen LogP contribution in [0.15, 0.2) is 62.8 Å². The van der Waals surface area contributed by atoms with Gasteiger partial charge < -0.3 is 14.9 Å². The van der Waals surface area contributed by atoms with E-state index in [4.69, 9.17) is 16.1 Å². The van der Waals surface area contributed by atoms with Crippen LogP contribution >= 0.6 is 41.2 Å². The van der Waals surface area contributed by atoms with Crippen molar-refractivity contribution in [1.82, 2.24) is 9.78 Å². The van der Waals surface area contributed by atoms with Gasteiger partial charge in [0, 0.05) is 17.2 Å². The predicted molar refractivity (Wildman–Crippen MR) is 162 cm³/mol. The van der Waals surface area contributed by atoms with Crippen LogP contribution in [0, 0.1) is 5.82 Å². The van der Waals surface area contributed by atoms with Gasteiger partial charge in [-0.1, -0.05) is 17.7 Å². The van der Waals surface area contributed by atoms with E-state index in [0.717, 1.165) is 4.68 Å². The van der Waals surface area contributed by atoms with E-state index in [1.165, 1.54) is 54.0 Å². The molecule has 0 amide bonds. The highest BCUT2D eigenvalue weighted by Gasteiger charge is 2.36. The van der Waals surface area contributed by atoms with Crippen LogP contribution in [0.2, 0.25) is 5.02 Å². The van der Waals surface area contributed by atoms with Gasteiger partial charge in [-0.2, -0.15) is 21.2 Å². The molecule has 5 rings (SSSR count). The average Bonchev–Trinajstić information content (AvgIpc) is 3.42. The minimum absolute atomic E-state index is 0.00611. The van der Waals surface area contributed by atoms with Crippen molar-refractivity contribution in [3.05, 3.63) is 85.5 Å². The van der Waals surface area contributed by atoms with Crippen LogP contribution in [-0.4, -0.2) is 42.7 Å². The molecule has 0 radical (unpaired) electrons. The van der Waals surface area contributed by atoms with E-state index >= 15 is 0 Å². The number of hydrogen-bond donors (Lipinski definition) is 5. The van der Waals surface area contributed by atoms with Gasteiger partial charge in [0.1, 0.15) is 17.1 Å². The first-order valence-corrected chi connectivity index (χ1v) is 16.8. The van der Waals surface area contributed by atoms with Crippen molar-refractivity contribution in [2.24, 2.45) is 4.76 Å². The molecular weight excluding hydrogens is 616 g/mol. The van der Waals surface area contributed by atoms with Crippen LogP contribution in [0.25, 0.3) is 11.3 Å². The molecule has 4 aromatic rings. The van der Waals surface area contributed by atoms with Crippen LogP contribution in [-0.2, 0) is 15.6 Å². The van der Waals surface area contributed by atoms with Crippen LogP contribution in [0.1, 0.15) is 18.1 Å². The quantitative estimate of drug-likeness (QED) is 0.147. The minimum Gasteiger partial charge on any atom is -0.505 e. The van der Waals surface area contributed by atoms with E-state index in [1.807, 2.05) is 0 Å². The number of nitrogens with one attached hydrogen (secondary N) is 2. The van der Waals surface area contributed by atoms with Gasteiger partial charge in [0.05, 0.1) is 34.9 Å². The van der Waals surface area contributed by atoms with Crippen molar-refractivity contribution in [2.75, 3.05) is 22.9 Å². The molecule has 5 N–H and O–H groups in total. The van der Waals surface area contributed by atoms with Gasteiger partial charge in [0.25, 0.3) is 5.56 Å². The normalized spacial score (nSPS) is 17.0. The Kier molecular flexibility index (Phi) is 8.01. The summed E-state index contributed by atoms with van der Waals surface area (Å²) < 4.78 is 61.0. The third-order valence-corrected chi connectivity index (χ3v) is 9.53. The van der Waals surface area contributed by atoms with E-state index in [-0.39, 0.29) is 51.9 Å². The Morgan fingerprint density at radius 2 is 2.02 bits per heavy atom. The molecule has 1 aliphatic heterocycles. The largest absolute Gasteiger partial charge is 0.505 e. The van der Waals surface area contributed by atoms with Gasteiger partial charge >= 0.3 is 7.52 Å². The predicted octanol–water partition coefficient (Wildman–Crippen LogP) is 5.95. The zero-order chi connectivity index (χ0) is 29.5. The Hall–Kier alpha value is -3.23. The number of fused-ring (bicyclic) bond motifs is 1. The molecule has 0 spiro atoms. The number of amidine groups is 1. The van der Waals surface area contributed by atoms with Crippen molar-refractivity contribution in [3.63, 3.8) is 0 Å². The first-order valence-electron chi connectivity index (χ1n) is 12.0. The number of rotatable bonds is 8. The maximum Gasteiger partial charge on any atom is 0.348 e. The second kappa shape index (κ2) is 11.2. The number of benzene rings is 2. The molecule has 2 aromatic carbocycles. The summed E-state index contributed by atoms with van der Waals surface area (Å²) in [6.07, 6.45) is 1.20. The average molecular weight is 640 g/mol. The summed E-state index contributed by atoms with van der Waals surface area (Å²) in [6.45, 7) is 1.52. The standard InChI is InChI=1S/C25H24ClFN5O6PS2/c1-3-38-39(35)20-11-16(31-41(2,36)37)5-7-19(20)28-24(30-39)21-23(33)22(15-8-9-40-13-15)29-32(25(21)34)12-14-4-6-18(27)17(26)10-14/h4-11,13,31,33,36-37H,3,12H2,1-2H3,(H,28,30,35). The highest BCUT2D eigenvalue weighted by Crippen LogP contribution is 2.53. The van der Waals surface area contributed by atoms with E-state index in [9.17, 15) is 28.0 Å². The van der Waals surface area contributed by atoms with Gasteiger partial charge in [-0.3, -0.25) is 23.2 Å². The first-order chi connectivity index (χ1) is 19.4. The Bertz CT molecular complexity index is 1780. The highest BCUT2D eigenvalue weighted by molar-refractivity contribution is 8.24. The fourth-order valence-corrected chi connectivity index (χ4v) is 7.39. The Labute approximate surface area is 244 Å². The molecule has 216 valence electrons. The second-order valence-corrected chi connectivity index (χ2v) is 14.0. The van der Waals surface area contributed by atoms with Crippen LogP contribution in [0.3, 0.4) is 0 Å². The van der Waals surface area contributed by atoms with E-state index in [2.05, 4.69) is 19.9 Å². The summed E-state index contributed by atoms with van der Waals surface area (Å²) in [5, 5.41) is 22.2. The van der Waals surface area contributed by atoms with Gasteiger partial charge in [0.15, 0.2) is 11.6 Å². The van der Waals surface area contributed by atoms with Gasteiger partial charge in [-0.15, -0.1) is 10.8 Å². The third-order valence-electron chi connectivity index (χ3n) is 5.88. The number of aromatic nitrogens is 2. The summed E-state index contributed by atoms with van der Waals surface area (Å²) in [4.78, 5) is 13.8. The summed E-state index contributed by atoms with van der Waals surface area (Å²) in [7, 11) is -7.16. The number of halogens is 2. The van der Waals surface area contributed by atoms with E-state index < -0.39 is 35.4 Å². The second-order valence-electron chi connectivity index (χ2n) is 8.97. The molecule has 41 heavy (non-hydrogen) atoms. The molecule has 0 aliphatic carbocycles. The van der Waals surface area contributed by atoms with Crippen LogP contribution < -0.4 is 20.9 Å². The number of hydrogen-bond acceptors (Lipinski definition) is 10. The summed E-state index contributed by atoms with van der Waals surface area (Å²) in [5.74, 6) is -1.31. The van der Waals surface area contributed by atoms with Crippen molar-refractivity contribution in [1.29, 1.82) is 0 Å². The van der Waals surface area contributed by atoms with E-state index in [1.54, 1.807) is 23.8 Å². The number of thiophene rings is 1. The highest BCUT2D eigenvalue weighted by atomic mass is 35.5. The molecule has 11 nitrogen and oxygen atoms in total. The molecule has 16 heteroatoms. The third kappa shape index (κ3) is 6.04. The fourth-order valence-electron chi connectivity index (χ4n) is 4.17. The Morgan fingerprint density at radius 1 is 1.24 bits per heavy atom. The number of aromatic hydroxyl groups is 1. The maximum atomic E-state index is 14.1. The van der Waals surface area contributed by atoms with Gasteiger partial charge in [-0.25, -0.2) is 9.07 Å². The van der Waals surface area contributed by atoms with Gasteiger partial charge in [-0.05, 0) is 54.3 Å². The summed E-state index contributed by atoms with van der Waals surface area (Å²) >= 11 is 7.30. The number of anilines is 2. The Morgan fingerprint density at radius 3 is 2.68 bits per heavy atom. The van der Waals surface area contributed by atoms with Crippen molar-refractivity contribution < 1.29 is 27.7 Å². The molecule has 0 saturated carbocycles. The smallest absolute Gasteiger partial charge is 0.348 e. The molecule has 1 atom stereocenters. The minimum atomic E-state index is -4.03. The van der Waals surface area contributed by atoms with Crippen LogP contribution in [0.4, 0.5) is 15.8 Å². The molecule has 3 heterocycles. The van der Waals surface area contributed by atoms with Crippen molar-refractivity contribution >= 4 is 63.7 Å². The summed E-state index contributed by atoms with van der Waals surface area (Å²) in [5.41, 5.74) is 0.544. The lowest BCUT2D eigenvalue weighted by Crippen LogP contribution is -2.35. The van der Waals surface area contributed by atoms with Crippen molar-refractivity contribution in [2.45, 2.75) is 13.5 Å². The van der Waals surface area contributed by atoms with E-state index in [0.29, 0.717) is 11.1 Å². The van der Waals surface area contributed by atoms with Crippen LogP contribution in [0.5, 0.6) is 5.75 Å².